The first-order valence-corrected chi connectivity index (χ1v) is 6.82. The van der Waals surface area contributed by atoms with Crippen molar-refractivity contribution in [2.75, 3.05) is 13.2 Å². The van der Waals surface area contributed by atoms with Gasteiger partial charge in [0, 0.05) is 17.5 Å². The quantitative estimate of drug-likeness (QED) is 0.905. The average Bonchev–Trinajstić information content (AvgIpc) is 2.91. The largest absolute Gasteiger partial charge is 0.326 e. The summed E-state index contributed by atoms with van der Waals surface area (Å²) in [6.07, 6.45) is 2.01. The van der Waals surface area contributed by atoms with Crippen LogP contribution in [-0.2, 0) is 4.84 Å². The maximum atomic E-state index is 6.18. The molecule has 5 heteroatoms. The molecule has 3 nitrogen and oxygen atoms in total. The van der Waals surface area contributed by atoms with Crippen LogP contribution in [0, 0.1) is 0 Å². The third-order valence-corrected chi connectivity index (χ3v) is 4.15. The molecule has 1 saturated heterocycles. The van der Waals surface area contributed by atoms with E-state index in [-0.39, 0.29) is 12.1 Å². The number of nitrogens with zero attached hydrogens (tertiary/aromatic N) is 1. The number of thiophene rings is 1. The second-order valence-corrected chi connectivity index (χ2v) is 5.73. The van der Waals surface area contributed by atoms with Crippen LogP contribution in [0.1, 0.15) is 30.7 Å². The van der Waals surface area contributed by atoms with Gasteiger partial charge in [-0.3, -0.25) is 4.84 Å². The SMILES string of the molecule is CCC(N)C(c1ccc(Cl)s1)N1CCCO1. The van der Waals surface area contributed by atoms with Gasteiger partial charge in [-0.1, -0.05) is 18.5 Å². The molecule has 0 bridgehead atoms. The molecule has 1 aromatic rings. The van der Waals surface area contributed by atoms with E-state index in [9.17, 15) is 0 Å². The third kappa shape index (κ3) is 2.57. The Hall–Kier alpha value is -0.130. The molecule has 0 aromatic carbocycles. The van der Waals surface area contributed by atoms with Gasteiger partial charge in [0.05, 0.1) is 17.0 Å². The third-order valence-electron chi connectivity index (χ3n) is 2.85. The molecule has 2 N–H and O–H groups in total. The van der Waals surface area contributed by atoms with Crippen LogP contribution >= 0.6 is 22.9 Å². The minimum atomic E-state index is 0.0906. The Balaban J connectivity index is 2.19. The normalized spacial score (nSPS) is 21.2. The topological polar surface area (TPSA) is 38.5 Å². The minimum absolute atomic E-state index is 0.0906. The standard InChI is InChI=1S/C11H17ClN2OS/c1-2-8(13)11(14-6-3-7-15-14)9-4-5-10(12)16-9/h4-5,8,11H,2-3,6-7,13H2,1H3. The van der Waals surface area contributed by atoms with Crippen LogP contribution < -0.4 is 5.73 Å². The van der Waals surface area contributed by atoms with Crippen molar-refractivity contribution in [1.82, 2.24) is 5.06 Å². The first kappa shape index (κ1) is 12.3. The van der Waals surface area contributed by atoms with E-state index < -0.39 is 0 Å². The molecule has 16 heavy (non-hydrogen) atoms. The van der Waals surface area contributed by atoms with Crippen LogP contribution in [0.2, 0.25) is 4.34 Å². The van der Waals surface area contributed by atoms with E-state index in [1.165, 1.54) is 4.88 Å². The number of hydrogen-bond donors (Lipinski definition) is 1. The maximum absolute atomic E-state index is 6.18. The van der Waals surface area contributed by atoms with Crippen molar-refractivity contribution in [3.63, 3.8) is 0 Å². The Labute approximate surface area is 105 Å². The van der Waals surface area contributed by atoms with Crippen molar-refractivity contribution < 1.29 is 4.84 Å². The van der Waals surface area contributed by atoms with Crippen molar-refractivity contribution in [3.05, 3.63) is 21.3 Å². The smallest absolute Gasteiger partial charge is 0.0931 e. The predicted octanol–water partition coefficient (Wildman–Crippen LogP) is 2.82. The molecular formula is C11H17ClN2OS. The lowest BCUT2D eigenvalue weighted by molar-refractivity contribution is -0.147. The molecule has 0 amide bonds. The molecule has 1 aromatic heterocycles. The van der Waals surface area contributed by atoms with Gasteiger partial charge >= 0.3 is 0 Å². The summed E-state index contributed by atoms with van der Waals surface area (Å²) < 4.78 is 0.808. The molecule has 0 spiro atoms. The fourth-order valence-corrected chi connectivity index (χ4v) is 3.20. The van der Waals surface area contributed by atoms with Gasteiger partial charge in [-0.2, -0.15) is 5.06 Å². The zero-order valence-electron chi connectivity index (χ0n) is 9.36. The zero-order chi connectivity index (χ0) is 11.5. The molecule has 1 aliphatic rings. The van der Waals surface area contributed by atoms with Crippen molar-refractivity contribution >= 4 is 22.9 Å². The van der Waals surface area contributed by atoms with Crippen molar-refractivity contribution in [2.45, 2.75) is 31.8 Å². The molecule has 2 atom stereocenters. The number of rotatable bonds is 4. The molecule has 90 valence electrons. The van der Waals surface area contributed by atoms with E-state index >= 15 is 0 Å². The maximum Gasteiger partial charge on any atom is 0.0931 e. The Kier molecular flexibility index (Phi) is 4.21. The second kappa shape index (κ2) is 5.47. The van der Waals surface area contributed by atoms with E-state index in [0.717, 1.165) is 30.3 Å². The summed E-state index contributed by atoms with van der Waals surface area (Å²) in [4.78, 5) is 6.81. The van der Waals surface area contributed by atoms with Crippen molar-refractivity contribution in [3.8, 4) is 0 Å². The molecule has 1 fully saturated rings. The minimum Gasteiger partial charge on any atom is -0.326 e. The molecular weight excluding hydrogens is 244 g/mol. The number of nitrogens with two attached hydrogens (primary N) is 1. The Morgan fingerprint density at radius 3 is 2.94 bits per heavy atom. The summed E-state index contributed by atoms with van der Waals surface area (Å²) in [5.74, 6) is 0. The van der Waals surface area contributed by atoms with Gasteiger partial charge in [-0.25, -0.2) is 0 Å². The molecule has 2 heterocycles. The van der Waals surface area contributed by atoms with Gasteiger partial charge in [0.25, 0.3) is 0 Å². The molecule has 0 aliphatic carbocycles. The van der Waals surface area contributed by atoms with Gasteiger partial charge in [-0.15, -0.1) is 11.3 Å². The Bertz CT molecular complexity index is 338. The Morgan fingerprint density at radius 1 is 1.62 bits per heavy atom. The molecule has 2 unspecified atom stereocenters. The molecule has 0 saturated carbocycles. The van der Waals surface area contributed by atoms with Gasteiger partial charge in [-0.05, 0) is 25.0 Å². The van der Waals surface area contributed by atoms with Crippen LogP contribution in [0.25, 0.3) is 0 Å². The predicted molar refractivity (Wildman–Crippen MR) is 67.6 cm³/mol. The lowest BCUT2D eigenvalue weighted by atomic mass is 10.0. The highest BCUT2D eigenvalue weighted by molar-refractivity contribution is 7.16. The summed E-state index contributed by atoms with van der Waals surface area (Å²) in [5.41, 5.74) is 6.18. The fraction of sp³-hybridized carbons (Fsp3) is 0.636. The van der Waals surface area contributed by atoms with Crippen LogP contribution in [0.15, 0.2) is 12.1 Å². The van der Waals surface area contributed by atoms with Gasteiger partial charge in [0.1, 0.15) is 0 Å². The highest BCUT2D eigenvalue weighted by Crippen LogP contribution is 2.34. The van der Waals surface area contributed by atoms with E-state index in [1.54, 1.807) is 11.3 Å². The summed E-state index contributed by atoms with van der Waals surface area (Å²) in [7, 11) is 0. The van der Waals surface area contributed by atoms with Crippen molar-refractivity contribution in [1.29, 1.82) is 0 Å². The highest BCUT2D eigenvalue weighted by Gasteiger charge is 2.30. The van der Waals surface area contributed by atoms with E-state index in [4.69, 9.17) is 22.2 Å². The van der Waals surface area contributed by atoms with Gasteiger partial charge in [0.15, 0.2) is 0 Å². The van der Waals surface area contributed by atoms with Crippen LogP contribution in [0.4, 0.5) is 0 Å². The highest BCUT2D eigenvalue weighted by atomic mass is 35.5. The first-order valence-electron chi connectivity index (χ1n) is 5.62. The number of hydrogen-bond acceptors (Lipinski definition) is 4. The van der Waals surface area contributed by atoms with E-state index in [1.807, 2.05) is 11.1 Å². The summed E-state index contributed by atoms with van der Waals surface area (Å²) in [6.45, 7) is 3.85. The second-order valence-electron chi connectivity index (χ2n) is 3.99. The van der Waals surface area contributed by atoms with Crippen LogP contribution in [0.3, 0.4) is 0 Å². The number of halogens is 1. The molecule has 2 rings (SSSR count). The monoisotopic (exact) mass is 260 g/mol. The molecule has 1 aliphatic heterocycles. The molecule has 0 radical (unpaired) electrons. The van der Waals surface area contributed by atoms with Gasteiger partial charge < -0.3 is 5.73 Å². The van der Waals surface area contributed by atoms with Crippen LogP contribution in [-0.4, -0.2) is 24.3 Å². The summed E-state index contributed by atoms with van der Waals surface area (Å²) >= 11 is 7.57. The lowest BCUT2D eigenvalue weighted by Crippen LogP contribution is -2.38. The fourth-order valence-electron chi connectivity index (χ4n) is 1.96. The van der Waals surface area contributed by atoms with Crippen LogP contribution in [0.5, 0.6) is 0 Å². The Morgan fingerprint density at radius 2 is 2.44 bits per heavy atom. The van der Waals surface area contributed by atoms with Crippen molar-refractivity contribution in [2.24, 2.45) is 5.73 Å². The van der Waals surface area contributed by atoms with Gasteiger partial charge in [0.2, 0.25) is 0 Å². The first-order chi connectivity index (χ1) is 7.72. The number of hydroxylamine groups is 2. The van der Waals surface area contributed by atoms with E-state index in [2.05, 4.69) is 13.0 Å². The summed E-state index contributed by atoms with van der Waals surface area (Å²) in [6, 6.07) is 4.21. The lowest BCUT2D eigenvalue weighted by Gasteiger charge is -2.29. The zero-order valence-corrected chi connectivity index (χ0v) is 10.9. The average molecular weight is 261 g/mol. The van der Waals surface area contributed by atoms with E-state index in [0.29, 0.717) is 0 Å². The summed E-state index contributed by atoms with van der Waals surface area (Å²) in [5, 5.41) is 2.01.